The molecule has 1 aliphatic rings. The number of fused-ring (bicyclic) bond motifs is 2. The second-order valence-electron chi connectivity index (χ2n) is 7.74. The first-order valence-electron chi connectivity index (χ1n) is 8.70. The molecule has 4 nitrogen and oxygen atoms in total. The minimum absolute atomic E-state index is 0.0722. The molecule has 0 fully saturated rings. The average Bonchev–Trinajstić information content (AvgIpc) is 2.94. The molecule has 5 heteroatoms. The largest absolute Gasteiger partial charge is 0.396 e. The Bertz CT molecular complexity index is 746. The highest BCUT2D eigenvalue weighted by Crippen LogP contribution is 2.38. The molecule has 0 spiro atoms. The predicted molar refractivity (Wildman–Crippen MR) is 98.6 cm³/mol. The Hall–Kier alpha value is -1.46. The van der Waals surface area contributed by atoms with Gasteiger partial charge in [0.2, 0.25) is 0 Å². The maximum absolute atomic E-state index is 12.2. The van der Waals surface area contributed by atoms with E-state index in [1.54, 1.807) is 0 Å². The zero-order valence-corrected chi connectivity index (χ0v) is 15.5. The van der Waals surface area contributed by atoms with Crippen molar-refractivity contribution in [2.45, 2.75) is 46.5 Å². The first-order valence-corrected chi connectivity index (χ1v) is 9.51. The Morgan fingerprint density at radius 1 is 1.42 bits per heavy atom. The summed E-state index contributed by atoms with van der Waals surface area (Å²) < 4.78 is 0. The maximum Gasteiger partial charge on any atom is 0.261 e. The van der Waals surface area contributed by atoms with E-state index in [-0.39, 0.29) is 12.5 Å². The highest BCUT2D eigenvalue weighted by atomic mass is 32.1. The zero-order valence-electron chi connectivity index (χ0n) is 14.7. The van der Waals surface area contributed by atoms with Gasteiger partial charge in [-0.25, -0.2) is 4.98 Å². The molecule has 0 saturated carbocycles. The summed E-state index contributed by atoms with van der Waals surface area (Å²) >= 11 is 1.46. The second kappa shape index (κ2) is 6.81. The number of pyridine rings is 1. The van der Waals surface area contributed by atoms with Crippen molar-refractivity contribution in [2.75, 3.05) is 13.2 Å². The number of nitrogens with zero attached hydrogens (tertiary/aromatic N) is 1. The fraction of sp³-hybridized carbons (Fsp3) is 0.579. The number of thiophene rings is 1. The van der Waals surface area contributed by atoms with Crippen molar-refractivity contribution in [1.29, 1.82) is 0 Å². The van der Waals surface area contributed by atoms with E-state index in [1.165, 1.54) is 29.0 Å². The number of carbonyl (C=O) groups is 1. The van der Waals surface area contributed by atoms with Gasteiger partial charge >= 0.3 is 0 Å². The van der Waals surface area contributed by atoms with Gasteiger partial charge < -0.3 is 10.4 Å². The molecule has 0 radical (unpaired) electrons. The molecule has 2 aromatic rings. The van der Waals surface area contributed by atoms with Gasteiger partial charge in [-0.15, -0.1) is 11.3 Å². The zero-order chi connectivity index (χ0) is 17.3. The molecule has 0 aliphatic heterocycles. The van der Waals surface area contributed by atoms with Gasteiger partial charge in [-0.1, -0.05) is 20.8 Å². The van der Waals surface area contributed by atoms with E-state index in [0.717, 1.165) is 23.1 Å². The number of hydrogen-bond acceptors (Lipinski definition) is 4. The number of hydrogen-bond donors (Lipinski definition) is 2. The standard InChI is InChI=1S/C19H26N2O2S/c1-19(2,3)14-5-6-15-12(10-14)9-13-11-16(24-18(13)21-15)17(23)20-7-4-8-22/h9,11,14,22H,4-8,10H2,1-3H3,(H,20,23). The van der Waals surface area contributed by atoms with Crippen LogP contribution >= 0.6 is 11.3 Å². The minimum atomic E-state index is -0.0722. The smallest absolute Gasteiger partial charge is 0.261 e. The molecule has 130 valence electrons. The van der Waals surface area contributed by atoms with E-state index in [9.17, 15) is 4.79 Å². The number of aromatic nitrogens is 1. The van der Waals surface area contributed by atoms with Gasteiger partial charge in [-0.2, -0.15) is 0 Å². The van der Waals surface area contributed by atoms with Crippen LogP contribution in [0.5, 0.6) is 0 Å². The third-order valence-electron chi connectivity index (χ3n) is 4.94. The van der Waals surface area contributed by atoms with Gasteiger partial charge in [-0.05, 0) is 54.7 Å². The third-order valence-corrected chi connectivity index (χ3v) is 5.99. The molecule has 3 rings (SSSR count). The quantitative estimate of drug-likeness (QED) is 0.832. The SMILES string of the molecule is CC(C)(C)C1CCc2nc3sc(C(=O)NCCCO)cc3cc2C1. The van der Waals surface area contributed by atoms with E-state index in [4.69, 9.17) is 10.1 Å². The highest BCUT2D eigenvalue weighted by Gasteiger charge is 2.29. The van der Waals surface area contributed by atoms with Gasteiger partial charge in [0.05, 0.1) is 4.88 Å². The van der Waals surface area contributed by atoms with Crippen LogP contribution in [0, 0.1) is 11.3 Å². The molecule has 1 aliphatic carbocycles. The second-order valence-corrected chi connectivity index (χ2v) is 8.77. The molecule has 24 heavy (non-hydrogen) atoms. The van der Waals surface area contributed by atoms with Crippen LogP contribution in [0.2, 0.25) is 0 Å². The van der Waals surface area contributed by atoms with Crippen molar-refractivity contribution < 1.29 is 9.90 Å². The van der Waals surface area contributed by atoms with Crippen molar-refractivity contribution in [2.24, 2.45) is 11.3 Å². The fourth-order valence-electron chi connectivity index (χ4n) is 3.34. The van der Waals surface area contributed by atoms with Crippen LogP contribution in [-0.2, 0) is 12.8 Å². The lowest BCUT2D eigenvalue weighted by molar-refractivity contribution is 0.0955. The average molecular weight is 346 g/mol. The number of aliphatic hydroxyl groups is 1. The summed E-state index contributed by atoms with van der Waals surface area (Å²) in [7, 11) is 0. The van der Waals surface area contributed by atoms with Gasteiger partial charge in [0.1, 0.15) is 4.83 Å². The number of rotatable bonds is 4. The third kappa shape index (κ3) is 3.62. The van der Waals surface area contributed by atoms with Crippen LogP contribution in [0.3, 0.4) is 0 Å². The first-order chi connectivity index (χ1) is 11.4. The Kier molecular flexibility index (Phi) is 4.92. The van der Waals surface area contributed by atoms with E-state index in [1.807, 2.05) is 6.07 Å². The van der Waals surface area contributed by atoms with E-state index in [0.29, 0.717) is 29.2 Å². The van der Waals surface area contributed by atoms with E-state index < -0.39 is 0 Å². The lowest BCUT2D eigenvalue weighted by Crippen LogP contribution is -2.27. The highest BCUT2D eigenvalue weighted by molar-refractivity contribution is 7.20. The fourth-order valence-corrected chi connectivity index (χ4v) is 4.29. The summed E-state index contributed by atoms with van der Waals surface area (Å²) in [5.74, 6) is 0.612. The van der Waals surface area contributed by atoms with Gasteiger partial charge in [0.25, 0.3) is 5.91 Å². The van der Waals surface area contributed by atoms with Crippen molar-refractivity contribution in [3.63, 3.8) is 0 Å². The van der Waals surface area contributed by atoms with E-state index >= 15 is 0 Å². The number of aryl methyl sites for hydroxylation is 1. The van der Waals surface area contributed by atoms with Crippen molar-refractivity contribution in [3.8, 4) is 0 Å². The Morgan fingerprint density at radius 3 is 2.92 bits per heavy atom. The first kappa shape index (κ1) is 17.4. The number of nitrogens with one attached hydrogen (secondary N) is 1. The summed E-state index contributed by atoms with van der Waals surface area (Å²) in [5, 5.41) is 12.7. The molecule has 1 unspecified atom stereocenters. The van der Waals surface area contributed by atoms with Crippen molar-refractivity contribution in [1.82, 2.24) is 10.3 Å². The molecule has 0 aromatic carbocycles. The minimum Gasteiger partial charge on any atom is -0.396 e. The summed E-state index contributed by atoms with van der Waals surface area (Å²) in [5.41, 5.74) is 2.87. The number of aliphatic hydroxyl groups excluding tert-OH is 1. The monoisotopic (exact) mass is 346 g/mol. The molecular formula is C19H26N2O2S. The van der Waals surface area contributed by atoms with E-state index in [2.05, 4.69) is 32.2 Å². The molecule has 2 aromatic heterocycles. The molecule has 1 atom stereocenters. The summed E-state index contributed by atoms with van der Waals surface area (Å²) in [6.45, 7) is 7.53. The van der Waals surface area contributed by atoms with Crippen molar-refractivity contribution in [3.05, 3.63) is 28.3 Å². The lowest BCUT2D eigenvalue weighted by atomic mass is 9.71. The van der Waals surface area contributed by atoms with Crippen LogP contribution in [0.1, 0.15) is 54.5 Å². The topological polar surface area (TPSA) is 62.2 Å². The van der Waals surface area contributed by atoms with Crippen LogP contribution in [0.25, 0.3) is 10.2 Å². The summed E-state index contributed by atoms with van der Waals surface area (Å²) in [6.07, 6.45) is 3.88. The normalized spacial score (nSPS) is 17.8. The Labute approximate surface area is 147 Å². The molecule has 2 N–H and O–H groups in total. The predicted octanol–water partition coefficient (Wildman–Crippen LogP) is 3.56. The number of amides is 1. The molecule has 2 heterocycles. The van der Waals surface area contributed by atoms with Crippen molar-refractivity contribution >= 4 is 27.5 Å². The summed E-state index contributed by atoms with van der Waals surface area (Å²) in [4.78, 5) is 18.7. The lowest BCUT2D eigenvalue weighted by Gasteiger charge is -2.34. The Morgan fingerprint density at radius 2 is 2.21 bits per heavy atom. The molecular weight excluding hydrogens is 320 g/mol. The van der Waals surface area contributed by atoms with Gasteiger partial charge in [0.15, 0.2) is 0 Å². The molecule has 0 bridgehead atoms. The molecule has 0 saturated heterocycles. The Balaban J connectivity index is 1.83. The van der Waals surface area contributed by atoms with Gasteiger partial charge in [-0.3, -0.25) is 4.79 Å². The van der Waals surface area contributed by atoms with Crippen LogP contribution < -0.4 is 5.32 Å². The van der Waals surface area contributed by atoms with Crippen LogP contribution in [0.4, 0.5) is 0 Å². The number of carbonyl (C=O) groups excluding carboxylic acids is 1. The maximum atomic E-state index is 12.2. The summed E-state index contributed by atoms with van der Waals surface area (Å²) in [6, 6.07) is 4.18. The van der Waals surface area contributed by atoms with Crippen LogP contribution in [0.15, 0.2) is 12.1 Å². The van der Waals surface area contributed by atoms with Crippen LogP contribution in [-0.4, -0.2) is 29.1 Å². The van der Waals surface area contributed by atoms with Gasteiger partial charge in [0, 0.05) is 24.2 Å². The molecule has 1 amide bonds.